The number of aromatic nitrogens is 3. The molecule has 0 amide bonds. The Morgan fingerprint density at radius 3 is 2.61 bits per heavy atom. The van der Waals surface area contributed by atoms with Crippen LogP contribution in [0.3, 0.4) is 0 Å². The van der Waals surface area contributed by atoms with Crippen LogP contribution in [-0.4, -0.2) is 34.7 Å². The van der Waals surface area contributed by atoms with Gasteiger partial charge in [0.1, 0.15) is 5.76 Å². The quantitative estimate of drug-likeness (QED) is 0.637. The van der Waals surface area contributed by atoms with Gasteiger partial charge < -0.3 is 19.6 Å². The topological polar surface area (TPSA) is 101 Å². The summed E-state index contributed by atoms with van der Waals surface area (Å²) in [5.74, 6) is 3.40. The maximum atomic E-state index is 5.73. The summed E-state index contributed by atoms with van der Waals surface area (Å²) in [6.45, 7) is 9.16. The minimum Gasteiger partial charge on any atom is -0.443 e. The second-order valence-corrected chi connectivity index (χ2v) is 6.21. The molecule has 0 saturated carbocycles. The van der Waals surface area contributed by atoms with Crippen molar-refractivity contribution in [3.05, 3.63) is 29.6 Å². The van der Waals surface area contributed by atoms with Crippen LogP contribution < -0.4 is 10.6 Å². The van der Waals surface area contributed by atoms with Crippen molar-refractivity contribution in [2.24, 2.45) is 4.99 Å². The number of hydrogen-bond donors (Lipinski definition) is 2. The van der Waals surface area contributed by atoms with Crippen LogP contribution in [0.5, 0.6) is 0 Å². The van der Waals surface area contributed by atoms with Crippen LogP contribution >= 0.6 is 0 Å². The zero-order valence-corrected chi connectivity index (χ0v) is 14.3. The van der Waals surface area contributed by atoms with E-state index in [9.17, 15) is 0 Å². The number of nitrogens with zero attached hydrogens (tertiary/aromatic N) is 4. The summed E-state index contributed by atoms with van der Waals surface area (Å²) in [5.41, 5.74) is -0.0482. The lowest BCUT2D eigenvalue weighted by Crippen LogP contribution is -2.37. The van der Waals surface area contributed by atoms with Crippen LogP contribution in [0.2, 0.25) is 0 Å². The van der Waals surface area contributed by atoms with Crippen molar-refractivity contribution in [1.29, 1.82) is 0 Å². The highest BCUT2D eigenvalue weighted by molar-refractivity contribution is 5.79. The Labute approximate surface area is 135 Å². The molecule has 0 aliphatic carbocycles. The Hall–Kier alpha value is -2.38. The molecule has 0 radical (unpaired) electrons. The fourth-order valence-electron chi connectivity index (χ4n) is 1.85. The predicted octanol–water partition coefficient (Wildman–Crippen LogP) is 1.57. The molecule has 0 spiro atoms. The number of hydrogen-bond acceptors (Lipinski definition) is 6. The molecule has 0 bridgehead atoms. The van der Waals surface area contributed by atoms with Gasteiger partial charge in [-0.05, 0) is 6.92 Å². The van der Waals surface area contributed by atoms with E-state index in [0.717, 1.165) is 5.76 Å². The third-order valence-electron chi connectivity index (χ3n) is 3.12. The lowest BCUT2D eigenvalue weighted by Gasteiger charge is -2.13. The summed E-state index contributed by atoms with van der Waals surface area (Å²) >= 11 is 0. The molecule has 0 aliphatic rings. The van der Waals surface area contributed by atoms with Gasteiger partial charge >= 0.3 is 0 Å². The molecule has 2 rings (SSSR count). The van der Waals surface area contributed by atoms with Crippen LogP contribution in [0, 0.1) is 6.92 Å². The molecule has 23 heavy (non-hydrogen) atoms. The third-order valence-corrected chi connectivity index (χ3v) is 3.12. The van der Waals surface area contributed by atoms with E-state index in [4.69, 9.17) is 8.94 Å². The molecular formula is C15H24N6O2. The summed E-state index contributed by atoms with van der Waals surface area (Å²) in [7, 11) is 1.71. The first-order chi connectivity index (χ1) is 10.9. The lowest BCUT2D eigenvalue weighted by molar-refractivity contribution is 0.374. The summed E-state index contributed by atoms with van der Waals surface area (Å²) in [5, 5.41) is 10.1. The Kier molecular flexibility index (Phi) is 5.36. The Morgan fingerprint density at radius 2 is 2.04 bits per heavy atom. The van der Waals surface area contributed by atoms with E-state index < -0.39 is 0 Å². The molecule has 2 aromatic rings. The zero-order valence-electron chi connectivity index (χ0n) is 14.3. The van der Waals surface area contributed by atoms with E-state index in [0.29, 0.717) is 43.1 Å². The highest BCUT2D eigenvalue weighted by Gasteiger charge is 2.19. The summed E-state index contributed by atoms with van der Waals surface area (Å²) in [6, 6.07) is 0. The van der Waals surface area contributed by atoms with Crippen LogP contribution in [0.15, 0.2) is 20.1 Å². The first-order valence-electron chi connectivity index (χ1n) is 7.57. The van der Waals surface area contributed by atoms with E-state index in [1.807, 2.05) is 0 Å². The van der Waals surface area contributed by atoms with E-state index in [1.54, 1.807) is 20.2 Å². The summed E-state index contributed by atoms with van der Waals surface area (Å²) < 4.78 is 10.8. The first kappa shape index (κ1) is 17.0. The van der Waals surface area contributed by atoms with Crippen molar-refractivity contribution in [2.75, 3.05) is 13.6 Å². The molecule has 0 aliphatic heterocycles. The molecule has 8 heteroatoms. The molecule has 2 heterocycles. The molecule has 0 atom stereocenters. The van der Waals surface area contributed by atoms with Gasteiger partial charge in [-0.25, -0.2) is 4.98 Å². The largest absolute Gasteiger partial charge is 0.443 e. The summed E-state index contributed by atoms with van der Waals surface area (Å²) in [6.07, 6.45) is 2.40. The SMILES string of the molecule is CN=C(NCCc1nc(C)no1)NCc1ncc(C(C)(C)C)o1. The normalized spacial score (nSPS) is 12.5. The van der Waals surface area contributed by atoms with Crippen molar-refractivity contribution in [1.82, 2.24) is 25.8 Å². The average molecular weight is 320 g/mol. The van der Waals surface area contributed by atoms with E-state index in [-0.39, 0.29) is 5.41 Å². The molecule has 0 saturated heterocycles. The number of rotatable bonds is 5. The van der Waals surface area contributed by atoms with Crippen molar-refractivity contribution >= 4 is 5.96 Å². The number of oxazole rings is 1. The maximum absolute atomic E-state index is 5.73. The number of aliphatic imine (C=N–C) groups is 1. The molecular weight excluding hydrogens is 296 g/mol. The fraction of sp³-hybridized carbons (Fsp3) is 0.600. The lowest BCUT2D eigenvalue weighted by atomic mass is 9.94. The van der Waals surface area contributed by atoms with E-state index >= 15 is 0 Å². The number of nitrogens with one attached hydrogen (secondary N) is 2. The Bertz CT molecular complexity index is 653. The fourth-order valence-corrected chi connectivity index (χ4v) is 1.85. The monoisotopic (exact) mass is 320 g/mol. The van der Waals surface area contributed by atoms with Crippen LogP contribution in [0.1, 0.15) is 44.1 Å². The molecule has 8 nitrogen and oxygen atoms in total. The molecule has 126 valence electrons. The third kappa shape index (κ3) is 5.08. The number of guanidine groups is 1. The van der Waals surface area contributed by atoms with Gasteiger partial charge in [0.05, 0.1) is 12.7 Å². The maximum Gasteiger partial charge on any atom is 0.228 e. The second-order valence-electron chi connectivity index (χ2n) is 6.21. The zero-order chi connectivity index (χ0) is 16.9. The highest BCUT2D eigenvalue weighted by atomic mass is 16.5. The average Bonchev–Trinajstić information content (AvgIpc) is 3.11. The standard InChI is InChI=1S/C15H24N6O2/c1-10-20-12(23-21-10)6-7-17-14(16-5)19-9-13-18-8-11(22-13)15(2,3)4/h8H,6-7,9H2,1-5H3,(H2,16,17,19). The van der Waals surface area contributed by atoms with Crippen LogP contribution in [0.4, 0.5) is 0 Å². The smallest absolute Gasteiger partial charge is 0.228 e. The minimum atomic E-state index is -0.0482. The van der Waals surface area contributed by atoms with Gasteiger partial charge in [-0.15, -0.1) is 0 Å². The van der Waals surface area contributed by atoms with Gasteiger partial charge in [-0.3, -0.25) is 4.99 Å². The first-order valence-corrected chi connectivity index (χ1v) is 7.57. The molecule has 0 unspecified atom stereocenters. The minimum absolute atomic E-state index is 0.0482. The van der Waals surface area contributed by atoms with Gasteiger partial charge in [0.15, 0.2) is 11.8 Å². The molecule has 2 aromatic heterocycles. The molecule has 2 N–H and O–H groups in total. The van der Waals surface area contributed by atoms with Gasteiger partial charge in [-0.2, -0.15) is 4.98 Å². The number of aryl methyl sites for hydroxylation is 1. The van der Waals surface area contributed by atoms with Gasteiger partial charge in [0.2, 0.25) is 11.8 Å². The van der Waals surface area contributed by atoms with Gasteiger partial charge in [-0.1, -0.05) is 25.9 Å². The second kappa shape index (κ2) is 7.26. The Morgan fingerprint density at radius 1 is 1.26 bits per heavy atom. The van der Waals surface area contributed by atoms with Crippen LogP contribution in [0.25, 0.3) is 0 Å². The van der Waals surface area contributed by atoms with Crippen molar-refractivity contribution in [3.8, 4) is 0 Å². The summed E-state index contributed by atoms with van der Waals surface area (Å²) in [4.78, 5) is 12.6. The van der Waals surface area contributed by atoms with Crippen molar-refractivity contribution in [2.45, 2.75) is 46.1 Å². The van der Waals surface area contributed by atoms with E-state index in [2.05, 4.69) is 51.5 Å². The predicted molar refractivity (Wildman–Crippen MR) is 86.1 cm³/mol. The van der Waals surface area contributed by atoms with E-state index in [1.165, 1.54) is 0 Å². The van der Waals surface area contributed by atoms with Crippen LogP contribution in [-0.2, 0) is 18.4 Å². The van der Waals surface area contributed by atoms with Gasteiger partial charge in [0, 0.05) is 25.4 Å². The van der Waals surface area contributed by atoms with Crippen molar-refractivity contribution < 1.29 is 8.94 Å². The van der Waals surface area contributed by atoms with Crippen molar-refractivity contribution in [3.63, 3.8) is 0 Å². The highest BCUT2D eigenvalue weighted by Crippen LogP contribution is 2.22. The van der Waals surface area contributed by atoms with Gasteiger partial charge in [0.25, 0.3) is 0 Å². The Balaban J connectivity index is 1.77. The molecule has 0 fully saturated rings. The molecule has 0 aromatic carbocycles.